The Hall–Kier alpha value is -0.850. The molecule has 0 heterocycles. The van der Waals surface area contributed by atoms with E-state index in [4.69, 9.17) is 5.73 Å². The Bertz CT molecular complexity index is 143. The van der Waals surface area contributed by atoms with Crippen molar-refractivity contribution in [3.63, 3.8) is 0 Å². The molecule has 84 valence electrons. The third kappa shape index (κ3) is 9.24. The molecule has 0 saturated heterocycles. The summed E-state index contributed by atoms with van der Waals surface area (Å²) in [6, 6.07) is 0. The van der Waals surface area contributed by atoms with Crippen LogP contribution in [-0.2, 0) is 4.84 Å². The van der Waals surface area contributed by atoms with E-state index < -0.39 is 6.09 Å². The van der Waals surface area contributed by atoms with Crippen molar-refractivity contribution >= 4 is 6.09 Å². The number of nitrogens with one attached hydrogen (secondary N) is 2. The number of nitrogens with two attached hydrogens (primary N) is 2. The zero-order chi connectivity index (χ0) is 10.6. The van der Waals surface area contributed by atoms with Crippen LogP contribution >= 0.6 is 0 Å². The van der Waals surface area contributed by atoms with Gasteiger partial charge in [0.15, 0.2) is 0 Å². The number of unbranched alkanes of at least 4 members (excludes halogenated alkanes) is 1. The molecule has 0 aliphatic carbocycles. The summed E-state index contributed by atoms with van der Waals surface area (Å²) >= 11 is 0. The lowest BCUT2D eigenvalue weighted by Crippen LogP contribution is -2.28. The van der Waals surface area contributed by atoms with Crippen LogP contribution in [0.1, 0.15) is 19.3 Å². The van der Waals surface area contributed by atoms with Crippen LogP contribution in [0.25, 0.3) is 0 Å². The quantitative estimate of drug-likeness (QED) is 0.309. The minimum atomic E-state index is -0.582. The Kier molecular flexibility index (Phi) is 9.61. The van der Waals surface area contributed by atoms with Gasteiger partial charge in [0, 0.05) is 6.54 Å². The lowest BCUT2D eigenvalue weighted by Gasteiger charge is -2.04. The molecule has 0 aromatic carbocycles. The van der Waals surface area contributed by atoms with Crippen molar-refractivity contribution in [2.45, 2.75) is 19.3 Å². The van der Waals surface area contributed by atoms with E-state index in [-0.39, 0.29) is 0 Å². The molecule has 6 heteroatoms. The van der Waals surface area contributed by atoms with Crippen molar-refractivity contribution in [2.75, 3.05) is 26.2 Å². The van der Waals surface area contributed by atoms with E-state index in [9.17, 15) is 4.79 Å². The largest absolute Gasteiger partial charge is 0.425 e. The second-order valence-electron chi connectivity index (χ2n) is 2.93. The first-order valence-corrected chi connectivity index (χ1v) is 4.86. The van der Waals surface area contributed by atoms with Crippen LogP contribution in [0.3, 0.4) is 0 Å². The Morgan fingerprint density at radius 2 is 1.79 bits per heavy atom. The first kappa shape index (κ1) is 13.2. The summed E-state index contributed by atoms with van der Waals surface area (Å²) in [5.41, 5.74) is 5.33. The summed E-state index contributed by atoms with van der Waals surface area (Å²) < 4.78 is 0. The summed E-state index contributed by atoms with van der Waals surface area (Å²) in [5, 5.41) is 5.74. The Labute approximate surface area is 84.3 Å². The molecule has 0 unspecified atom stereocenters. The van der Waals surface area contributed by atoms with Crippen molar-refractivity contribution < 1.29 is 9.63 Å². The van der Waals surface area contributed by atoms with Crippen LogP contribution in [0, 0.1) is 0 Å². The van der Waals surface area contributed by atoms with E-state index in [2.05, 4.69) is 21.4 Å². The predicted octanol–water partition coefficient (Wildman–Crippen LogP) is -0.695. The lowest BCUT2D eigenvalue weighted by atomic mass is 10.3. The summed E-state index contributed by atoms with van der Waals surface area (Å²) in [6.45, 7) is 3.21. The monoisotopic (exact) mass is 204 g/mol. The number of hydrogen-bond donors (Lipinski definition) is 4. The molecule has 0 saturated carbocycles. The molecule has 0 aliphatic heterocycles. The fourth-order valence-corrected chi connectivity index (χ4v) is 0.959. The fraction of sp³-hybridized carbons (Fsp3) is 0.875. The molecule has 0 aromatic rings. The molecule has 1 amide bonds. The molecule has 6 nitrogen and oxygen atoms in total. The predicted molar refractivity (Wildman–Crippen MR) is 54.4 cm³/mol. The molecule has 0 aliphatic rings. The van der Waals surface area contributed by atoms with Crippen LogP contribution in [-0.4, -0.2) is 32.3 Å². The Morgan fingerprint density at radius 3 is 2.43 bits per heavy atom. The Balaban J connectivity index is 2.95. The third-order valence-electron chi connectivity index (χ3n) is 1.71. The number of carbonyl (C=O) groups excluding carboxylic acids is 1. The lowest BCUT2D eigenvalue weighted by molar-refractivity contribution is 0.147. The average Bonchev–Trinajstić information content (AvgIpc) is 2.21. The first-order valence-electron chi connectivity index (χ1n) is 4.86. The highest BCUT2D eigenvalue weighted by Crippen LogP contribution is 1.85. The minimum Gasteiger partial charge on any atom is -0.357 e. The molecule has 14 heavy (non-hydrogen) atoms. The molecular weight excluding hydrogens is 184 g/mol. The van der Waals surface area contributed by atoms with Crippen LogP contribution in [0.5, 0.6) is 0 Å². The zero-order valence-electron chi connectivity index (χ0n) is 8.42. The smallest absolute Gasteiger partial charge is 0.357 e. The van der Waals surface area contributed by atoms with Gasteiger partial charge in [0.25, 0.3) is 0 Å². The topological polar surface area (TPSA) is 102 Å². The molecular formula is C8H20N4O2. The van der Waals surface area contributed by atoms with Gasteiger partial charge in [-0.05, 0) is 38.9 Å². The van der Waals surface area contributed by atoms with E-state index in [0.717, 1.165) is 38.9 Å². The number of hydrogen-bond acceptors (Lipinski definition) is 5. The van der Waals surface area contributed by atoms with Crippen LogP contribution in [0.4, 0.5) is 4.79 Å². The molecule has 0 atom stereocenters. The van der Waals surface area contributed by atoms with E-state index in [1.165, 1.54) is 0 Å². The van der Waals surface area contributed by atoms with E-state index in [1.807, 2.05) is 0 Å². The van der Waals surface area contributed by atoms with Crippen LogP contribution < -0.4 is 22.3 Å². The van der Waals surface area contributed by atoms with Gasteiger partial charge in [-0.1, -0.05) is 0 Å². The molecule has 0 radical (unpaired) electrons. The summed E-state index contributed by atoms with van der Waals surface area (Å²) in [6.07, 6.45) is 2.33. The molecule has 0 spiro atoms. The molecule has 0 rings (SSSR count). The van der Waals surface area contributed by atoms with Crippen molar-refractivity contribution in [1.29, 1.82) is 0 Å². The number of amides is 1. The minimum absolute atomic E-state index is 0.582. The number of rotatable bonds is 8. The van der Waals surface area contributed by atoms with Gasteiger partial charge in [-0.2, -0.15) is 5.90 Å². The standard InChI is InChI=1S/C8H20N4O2/c9-4-3-6-11-5-1-2-7-12-8(13)14-10/h11H,1-7,9-10H2,(H,12,13). The SMILES string of the molecule is NCCCNCCCCNC(=O)ON. The summed E-state index contributed by atoms with van der Waals surface area (Å²) in [4.78, 5) is 14.4. The summed E-state index contributed by atoms with van der Waals surface area (Å²) in [5.74, 6) is 4.63. The average molecular weight is 204 g/mol. The highest BCUT2D eigenvalue weighted by molar-refractivity contribution is 5.66. The Morgan fingerprint density at radius 1 is 1.14 bits per heavy atom. The van der Waals surface area contributed by atoms with Crippen molar-refractivity contribution in [3.05, 3.63) is 0 Å². The maximum absolute atomic E-state index is 10.5. The zero-order valence-corrected chi connectivity index (χ0v) is 8.42. The first-order chi connectivity index (χ1) is 6.81. The maximum Gasteiger partial charge on any atom is 0.425 e. The van der Waals surface area contributed by atoms with Gasteiger partial charge in [0.2, 0.25) is 0 Å². The summed E-state index contributed by atoms with van der Waals surface area (Å²) in [7, 11) is 0. The van der Waals surface area contributed by atoms with Crippen LogP contribution in [0.15, 0.2) is 0 Å². The molecule has 6 N–H and O–H groups in total. The normalized spacial score (nSPS) is 9.86. The highest BCUT2D eigenvalue weighted by Gasteiger charge is 1.96. The van der Waals surface area contributed by atoms with Gasteiger partial charge in [0.05, 0.1) is 0 Å². The number of carbonyl (C=O) groups is 1. The third-order valence-corrected chi connectivity index (χ3v) is 1.71. The van der Waals surface area contributed by atoms with Crippen molar-refractivity contribution in [3.8, 4) is 0 Å². The van der Waals surface area contributed by atoms with E-state index in [1.54, 1.807) is 0 Å². The van der Waals surface area contributed by atoms with Crippen molar-refractivity contribution in [2.24, 2.45) is 11.6 Å². The second-order valence-corrected chi connectivity index (χ2v) is 2.93. The van der Waals surface area contributed by atoms with Gasteiger partial charge >= 0.3 is 6.09 Å². The van der Waals surface area contributed by atoms with Gasteiger partial charge in [0.1, 0.15) is 0 Å². The second kappa shape index (κ2) is 10.2. The van der Waals surface area contributed by atoms with Gasteiger partial charge < -0.3 is 21.2 Å². The van der Waals surface area contributed by atoms with Gasteiger partial charge in [-0.25, -0.2) is 4.79 Å². The van der Waals surface area contributed by atoms with E-state index in [0.29, 0.717) is 6.54 Å². The van der Waals surface area contributed by atoms with Crippen LogP contribution in [0.2, 0.25) is 0 Å². The maximum atomic E-state index is 10.5. The van der Waals surface area contributed by atoms with Crippen molar-refractivity contribution in [1.82, 2.24) is 10.6 Å². The van der Waals surface area contributed by atoms with Gasteiger partial charge in [-0.15, -0.1) is 0 Å². The molecule has 0 bridgehead atoms. The molecule has 0 fully saturated rings. The van der Waals surface area contributed by atoms with Gasteiger partial charge in [-0.3, -0.25) is 0 Å². The highest BCUT2D eigenvalue weighted by atomic mass is 16.7. The molecule has 0 aromatic heterocycles. The fourth-order valence-electron chi connectivity index (χ4n) is 0.959. The van der Waals surface area contributed by atoms with E-state index >= 15 is 0 Å².